The van der Waals surface area contributed by atoms with E-state index >= 15 is 0 Å². The highest BCUT2D eigenvalue weighted by Crippen LogP contribution is 2.36. The molecule has 1 aromatic carbocycles. The Labute approximate surface area is 98.9 Å². The van der Waals surface area contributed by atoms with E-state index < -0.39 is 11.7 Å². The molecule has 1 N–H and O–H groups in total. The lowest BCUT2D eigenvalue weighted by molar-refractivity contribution is -0.137. The van der Waals surface area contributed by atoms with Crippen molar-refractivity contribution in [1.82, 2.24) is 4.98 Å². The lowest BCUT2D eigenvalue weighted by Gasteiger charge is -2.10. The molecule has 0 aliphatic rings. The number of pyridine rings is 1. The molecule has 0 saturated heterocycles. The number of aromatic amines is 1. The van der Waals surface area contributed by atoms with Crippen molar-refractivity contribution in [1.29, 1.82) is 0 Å². The molecule has 0 atom stereocenters. The second kappa shape index (κ2) is 3.75. The topological polar surface area (TPSA) is 15.8 Å². The molecule has 0 saturated carbocycles. The van der Waals surface area contributed by atoms with Gasteiger partial charge in [-0.3, -0.25) is 0 Å². The molecule has 16 heavy (non-hydrogen) atoms. The van der Waals surface area contributed by atoms with E-state index in [1.807, 2.05) is 0 Å². The number of fused-ring (bicyclic) bond motifs is 1. The van der Waals surface area contributed by atoms with Gasteiger partial charge in [0.2, 0.25) is 0 Å². The largest absolute Gasteiger partial charge is 0.417 e. The predicted octanol–water partition coefficient (Wildman–Crippen LogP) is 4.57. The maximum absolute atomic E-state index is 12.6. The van der Waals surface area contributed by atoms with Crippen molar-refractivity contribution in [3.05, 3.63) is 39.5 Å². The molecule has 0 fully saturated rings. The molecule has 1 heterocycles. The third kappa shape index (κ3) is 1.92. The Kier molecular flexibility index (Phi) is 2.67. The Balaban J connectivity index is 2.83. The molecule has 2 rings (SSSR count). The normalized spacial score (nSPS) is 12.0. The van der Waals surface area contributed by atoms with Gasteiger partial charge in [-0.1, -0.05) is 23.8 Å². The highest BCUT2D eigenvalue weighted by Gasteiger charge is 2.33. The fraction of sp³-hybridized carbons (Fsp3) is 0.100. The summed E-state index contributed by atoms with van der Waals surface area (Å²) >= 11 is 10.6. The first-order chi connectivity index (χ1) is 7.39. The fourth-order valence-electron chi connectivity index (χ4n) is 1.41. The highest BCUT2D eigenvalue weighted by atomic mass is 35.5. The van der Waals surface area contributed by atoms with Crippen LogP contribution in [0.3, 0.4) is 0 Å². The minimum atomic E-state index is -4.46. The molecule has 0 radical (unpaired) electrons. The maximum atomic E-state index is 12.6. The van der Waals surface area contributed by atoms with Crippen LogP contribution in [0.25, 0.3) is 10.9 Å². The van der Waals surface area contributed by atoms with Crippen molar-refractivity contribution in [2.45, 2.75) is 6.18 Å². The minimum Gasteiger partial charge on any atom is -0.361 e. The van der Waals surface area contributed by atoms with Crippen molar-refractivity contribution in [2.75, 3.05) is 0 Å². The number of halogens is 4. The second-order valence-electron chi connectivity index (χ2n) is 3.22. The van der Waals surface area contributed by atoms with E-state index in [1.54, 1.807) is 6.07 Å². The van der Waals surface area contributed by atoms with Gasteiger partial charge in [-0.15, -0.1) is 0 Å². The van der Waals surface area contributed by atoms with Crippen LogP contribution in [-0.2, 0) is 6.18 Å². The predicted molar refractivity (Wildman–Crippen MR) is 59.1 cm³/mol. The summed E-state index contributed by atoms with van der Waals surface area (Å²) in [5, 5.41) is 0.168. The number of benzene rings is 1. The van der Waals surface area contributed by atoms with Crippen molar-refractivity contribution in [3.63, 3.8) is 0 Å². The summed E-state index contributed by atoms with van der Waals surface area (Å²) in [6.45, 7) is 0. The van der Waals surface area contributed by atoms with Gasteiger partial charge in [0.15, 0.2) is 0 Å². The first-order valence-corrected chi connectivity index (χ1v) is 5.06. The van der Waals surface area contributed by atoms with Crippen molar-refractivity contribution < 1.29 is 13.2 Å². The van der Waals surface area contributed by atoms with Gasteiger partial charge in [0.05, 0.1) is 10.6 Å². The molecule has 6 heteroatoms. The van der Waals surface area contributed by atoms with Crippen molar-refractivity contribution >= 4 is 34.7 Å². The first kappa shape index (κ1) is 11.4. The quantitative estimate of drug-likeness (QED) is 0.689. The van der Waals surface area contributed by atoms with E-state index in [9.17, 15) is 13.2 Å². The van der Waals surface area contributed by atoms with Gasteiger partial charge in [0, 0.05) is 21.6 Å². The van der Waals surface area contributed by atoms with Gasteiger partial charge in [-0.05, 0) is 18.2 Å². The number of rotatable bonds is 0. The smallest absolute Gasteiger partial charge is 0.361 e. The number of hydrogen-bond acceptors (Lipinski definition) is 1. The highest BCUT2D eigenvalue weighted by molar-refractivity contribution is 7.71. The number of alkyl halides is 3. The Morgan fingerprint density at radius 1 is 1.25 bits per heavy atom. The molecule has 0 bridgehead atoms. The van der Waals surface area contributed by atoms with E-state index in [-0.39, 0.29) is 5.02 Å². The number of nitrogens with one attached hydrogen (secondary N) is 1. The van der Waals surface area contributed by atoms with Crippen LogP contribution in [0.5, 0.6) is 0 Å². The molecule has 0 aliphatic heterocycles. The van der Waals surface area contributed by atoms with Gasteiger partial charge in [-0.2, -0.15) is 13.2 Å². The van der Waals surface area contributed by atoms with Crippen LogP contribution in [-0.4, -0.2) is 4.98 Å². The summed E-state index contributed by atoms with van der Waals surface area (Å²) < 4.78 is 38.1. The van der Waals surface area contributed by atoms with Crippen LogP contribution in [0, 0.1) is 4.51 Å². The van der Waals surface area contributed by atoms with Gasteiger partial charge >= 0.3 is 6.18 Å². The minimum absolute atomic E-state index is 0.323. The Morgan fingerprint density at radius 2 is 1.94 bits per heavy atom. The number of aromatic nitrogens is 1. The van der Waals surface area contributed by atoms with Crippen LogP contribution >= 0.6 is 23.8 Å². The van der Waals surface area contributed by atoms with E-state index in [4.69, 9.17) is 23.8 Å². The summed E-state index contributed by atoms with van der Waals surface area (Å²) in [5.74, 6) is 0. The number of hydrogen-bond donors (Lipinski definition) is 1. The molecule has 0 unspecified atom stereocenters. The fourth-order valence-corrected chi connectivity index (χ4v) is 1.92. The summed E-state index contributed by atoms with van der Waals surface area (Å²) in [6.07, 6.45) is -2.96. The third-order valence-electron chi connectivity index (χ3n) is 2.15. The lowest BCUT2D eigenvalue weighted by Crippen LogP contribution is -2.05. The molecule has 2 aromatic rings. The van der Waals surface area contributed by atoms with Crippen LogP contribution in [0.1, 0.15) is 5.56 Å². The Bertz CT molecular complexity index is 603. The summed E-state index contributed by atoms with van der Waals surface area (Å²) in [7, 11) is 0. The van der Waals surface area contributed by atoms with Crippen LogP contribution in [0.4, 0.5) is 13.2 Å². The van der Waals surface area contributed by atoms with E-state index in [0.29, 0.717) is 15.4 Å². The molecule has 0 spiro atoms. The molecular weight excluding hydrogens is 259 g/mol. The third-order valence-corrected chi connectivity index (χ3v) is 2.82. The van der Waals surface area contributed by atoms with Gasteiger partial charge in [0.1, 0.15) is 0 Å². The van der Waals surface area contributed by atoms with E-state index in [2.05, 4.69) is 4.98 Å². The standard InChI is InChI=1S/C10H5ClF3NS/c11-7-3-5-8(15-2-1-9(5)16)4-6(7)10(12,13)14/h1-4H,(H,15,16). The molecule has 0 aliphatic carbocycles. The summed E-state index contributed by atoms with van der Waals surface area (Å²) in [5.41, 5.74) is -0.539. The van der Waals surface area contributed by atoms with Gasteiger partial charge in [0.25, 0.3) is 0 Å². The first-order valence-electron chi connectivity index (χ1n) is 4.28. The average Bonchev–Trinajstić information content (AvgIpc) is 2.17. The molecular formula is C10H5ClF3NS. The average molecular weight is 264 g/mol. The van der Waals surface area contributed by atoms with Crippen LogP contribution in [0.2, 0.25) is 5.02 Å². The van der Waals surface area contributed by atoms with Crippen LogP contribution in [0.15, 0.2) is 24.4 Å². The van der Waals surface area contributed by atoms with Gasteiger partial charge in [-0.25, -0.2) is 0 Å². The van der Waals surface area contributed by atoms with Crippen molar-refractivity contribution in [3.8, 4) is 0 Å². The molecule has 1 nitrogen and oxygen atoms in total. The van der Waals surface area contributed by atoms with Crippen LogP contribution < -0.4 is 0 Å². The summed E-state index contributed by atoms with van der Waals surface area (Å²) in [6, 6.07) is 3.80. The zero-order chi connectivity index (χ0) is 11.9. The lowest BCUT2D eigenvalue weighted by atomic mass is 10.1. The summed E-state index contributed by atoms with van der Waals surface area (Å²) in [4.78, 5) is 2.71. The SMILES string of the molecule is FC(F)(F)c1cc2[nH]ccc(=S)c2cc1Cl. The molecule has 0 amide bonds. The van der Waals surface area contributed by atoms with E-state index in [0.717, 1.165) is 6.07 Å². The zero-order valence-electron chi connectivity index (χ0n) is 7.73. The zero-order valence-corrected chi connectivity index (χ0v) is 9.30. The molecule has 84 valence electrons. The second-order valence-corrected chi connectivity index (χ2v) is 4.06. The van der Waals surface area contributed by atoms with Crippen molar-refractivity contribution in [2.24, 2.45) is 0 Å². The number of H-pyrrole nitrogens is 1. The maximum Gasteiger partial charge on any atom is 0.417 e. The Hall–Kier alpha value is -1.07. The monoisotopic (exact) mass is 263 g/mol. The van der Waals surface area contributed by atoms with E-state index in [1.165, 1.54) is 12.3 Å². The molecule has 1 aromatic heterocycles. The van der Waals surface area contributed by atoms with Gasteiger partial charge < -0.3 is 4.98 Å². The Morgan fingerprint density at radius 3 is 2.56 bits per heavy atom.